The van der Waals surface area contributed by atoms with Gasteiger partial charge in [-0.3, -0.25) is 0 Å². The van der Waals surface area contributed by atoms with Crippen molar-refractivity contribution in [2.75, 3.05) is 20.3 Å². The summed E-state index contributed by atoms with van der Waals surface area (Å²) in [6.07, 6.45) is 1.04. The summed E-state index contributed by atoms with van der Waals surface area (Å²) in [6, 6.07) is 0. The molecule has 110 valence electrons. The van der Waals surface area contributed by atoms with E-state index in [-0.39, 0.29) is 5.54 Å². The Kier molecular flexibility index (Phi) is 6.43. The average Bonchev–Trinajstić information content (AvgIpc) is 2.84. The molecule has 0 saturated carbocycles. The van der Waals surface area contributed by atoms with Crippen LogP contribution in [0.25, 0.3) is 0 Å². The largest absolute Gasteiger partial charge is 0.383 e. The van der Waals surface area contributed by atoms with E-state index < -0.39 is 0 Å². The first-order chi connectivity index (χ1) is 8.97. The number of thiazole rings is 1. The summed E-state index contributed by atoms with van der Waals surface area (Å²) in [4.78, 5) is 4.87. The van der Waals surface area contributed by atoms with Crippen LogP contribution in [0, 0.1) is 5.92 Å². The summed E-state index contributed by atoms with van der Waals surface area (Å²) >= 11 is 1.78. The van der Waals surface area contributed by atoms with Gasteiger partial charge in [0.1, 0.15) is 5.01 Å². The first-order valence-corrected chi connectivity index (χ1v) is 8.05. The molecule has 0 aromatic carbocycles. The highest BCUT2D eigenvalue weighted by Crippen LogP contribution is 2.36. The van der Waals surface area contributed by atoms with Gasteiger partial charge in [0, 0.05) is 19.0 Å². The smallest absolute Gasteiger partial charge is 0.113 e. The summed E-state index contributed by atoms with van der Waals surface area (Å²) in [6.45, 7) is 12.7. The fourth-order valence-corrected chi connectivity index (χ4v) is 3.72. The molecule has 3 nitrogen and oxygen atoms in total. The van der Waals surface area contributed by atoms with E-state index in [0.29, 0.717) is 11.8 Å². The molecule has 1 aromatic heterocycles. The second kappa shape index (κ2) is 7.36. The zero-order valence-electron chi connectivity index (χ0n) is 13.1. The van der Waals surface area contributed by atoms with Crippen LogP contribution >= 0.6 is 11.3 Å². The molecule has 0 radical (unpaired) electrons. The Morgan fingerprint density at radius 2 is 2.05 bits per heavy atom. The fourth-order valence-electron chi connectivity index (χ4n) is 2.34. The van der Waals surface area contributed by atoms with Crippen LogP contribution in [0.15, 0.2) is 5.38 Å². The average molecular weight is 284 g/mol. The highest BCUT2D eigenvalue weighted by Gasteiger charge is 2.36. The Balaban J connectivity index is 2.99. The molecule has 1 rings (SSSR count). The van der Waals surface area contributed by atoms with Gasteiger partial charge in [-0.25, -0.2) is 4.98 Å². The molecule has 0 bridgehead atoms. The predicted molar refractivity (Wildman–Crippen MR) is 82.9 cm³/mol. The number of ether oxygens (including phenoxy) is 1. The van der Waals surface area contributed by atoms with Crippen molar-refractivity contribution in [3.8, 4) is 0 Å². The van der Waals surface area contributed by atoms with Crippen molar-refractivity contribution in [3.63, 3.8) is 0 Å². The van der Waals surface area contributed by atoms with Gasteiger partial charge >= 0.3 is 0 Å². The zero-order chi connectivity index (χ0) is 14.5. The Hall–Kier alpha value is -0.450. The standard InChI is InChI=1S/C15H28N2OS/c1-7-15(12(4)5,16-8-9-18-6)14-17-13(10-19-14)11(2)3/h10-12,16H,7-9H2,1-6H3. The summed E-state index contributed by atoms with van der Waals surface area (Å²) in [5, 5.41) is 7.09. The summed E-state index contributed by atoms with van der Waals surface area (Å²) in [5.41, 5.74) is 1.17. The highest BCUT2D eigenvalue weighted by atomic mass is 32.1. The monoisotopic (exact) mass is 284 g/mol. The fraction of sp³-hybridized carbons (Fsp3) is 0.800. The summed E-state index contributed by atoms with van der Waals surface area (Å²) < 4.78 is 5.16. The van der Waals surface area contributed by atoms with Crippen molar-refractivity contribution >= 4 is 11.3 Å². The van der Waals surface area contributed by atoms with Crippen LogP contribution in [0.4, 0.5) is 0 Å². The molecule has 0 spiro atoms. The van der Waals surface area contributed by atoms with Crippen molar-refractivity contribution in [3.05, 3.63) is 16.1 Å². The molecule has 0 saturated heterocycles. The minimum Gasteiger partial charge on any atom is -0.383 e. The molecule has 1 unspecified atom stereocenters. The van der Waals surface area contributed by atoms with Crippen molar-refractivity contribution < 1.29 is 4.74 Å². The van der Waals surface area contributed by atoms with Crippen LogP contribution in [0.3, 0.4) is 0 Å². The maximum absolute atomic E-state index is 5.16. The predicted octanol–water partition coefficient (Wildman–Crippen LogP) is 3.76. The van der Waals surface area contributed by atoms with Crippen LogP contribution < -0.4 is 5.32 Å². The molecule has 1 heterocycles. The molecule has 19 heavy (non-hydrogen) atoms. The van der Waals surface area contributed by atoms with Gasteiger partial charge in [0.25, 0.3) is 0 Å². The van der Waals surface area contributed by atoms with Gasteiger partial charge in [-0.15, -0.1) is 11.3 Å². The minimum absolute atomic E-state index is 0.0314. The third-order valence-electron chi connectivity index (χ3n) is 3.79. The molecule has 1 aromatic rings. The molecule has 0 fully saturated rings. The lowest BCUT2D eigenvalue weighted by Crippen LogP contribution is -2.47. The van der Waals surface area contributed by atoms with Crippen molar-refractivity contribution in [2.24, 2.45) is 5.92 Å². The molecule has 0 aliphatic heterocycles. The van der Waals surface area contributed by atoms with Gasteiger partial charge < -0.3 is 10.1 Å². The first-order valence-electron chi connectivity index (χ1n) is 7.17. The molecule has 4 heteroatoms. The van der Waals surface area contributed by atoms with E-state index >= 15 is 0 Å². The second-order valence-electron chi connectivity index (χ2n) is 5.63. The van der Waals surface area contributed by atoms with E-state index in [1.165, 1.54) is 10.7 Å². The van der Waals surface area contributed by atoms with Crippen LogP contribution in [-0.2, 0) is 10.3 Å². The third-order valence-corrected chi connectivity index (χ3v) is 4.82. The van der Waals surface area contributed by atoms with Crippen LogP contribution in [0.1, 0.15) is 57.7 Å². The van der Waals surface area contributed by atoms with Gasteiger partial charge in [0.05, 0.1) is 17.8 Å². The number of nitrogens with one attached hydrogen (secondary N) is 1. The number of hydrogen-bond acceptors (Lipinski definition) is 4. The van der Waals surface area contributed by atoms with Gasteiger partial charge in [-0.2, -0.15) is 0 Å². The highest BCUT2D eigenvalue weighted by molar-refractivity contribution is 7.09. The van der Waals surface area contributed by atoms with Crippen LogP contribution in [0.2, 0.25) is 0 Å². The quantitative estimate of drug-likeness (QED) is 0.738. The zero-order valence-corrected chi connectivity index (χ0v) is 13.9. The SMILES string of the molecule is CCC(NCCOC)(c1nc(C(C)C)cs1)C(C)C. The molecule has 0 amide bonds. The normalized spacial score (nSPS) is 15.2. The number of rotatable bonds is 8. The molecular weight excluding hydrogens is 256 g/mol. The Morgan fingerprint density at radius 1 is 1.37 bits per heavy atom. The summed E-state index contributed by atoms with van der Waals surface area (Å²) in [7, 11) is 1.74. The number of hydrogen-bond donors (Lipinski definition) is 1. The van der Waals surface area contributed by atoms with E-state index in [1.54, 1.807) is 18.4 Å². The maximum Gasteiger partial charge on any atom is 0.113 e. The minimum atomic E-state index is -0.0314. The third kappa shape index (κ3) is 3.77. The molecule has 0 aliphatic carbocycles. The Labute approximate surface area is 121 Å². The topological polar surface area (TPSA) is 34.1 Å². The lowest BCUT2D eigenvalue weighted by molar-refractivity contribution is 0.163. The Bertz CT molecular complexity index is 376. The number of methoxy groups -OCH3 is 1. The van der Waals surface area contributed by atoms with E-state index in [1.807, 2.05) is 0 Å². The van der Waals surface area contributed by atoms with Crippen LogP contribution in [-0.4, -0.2) is 25.2 Å². The molecular formula is C15H28N2OS. The molecule has 1 atom stereocenters. The van der Waals surface area contributed by atoms with Gasteiger partial charge in [0.15, 0.2) is 0 Å². The lowest BCUT2D eigenvalue weighted by Gasteiger charge is -2.36. The van der Waals surface area contributed by atoms with E-state index in [0.717, 1.165) is 19.6 Å². The van der Waals surface area contributed by atoms with E-state index in [9.17, 15) is 0 Å². The van der Waals surface area contributed by atoms with E-state index in [4.69, 9.17) is 9.72 Å². The van der Waals surface area contributed by atoms with E-state index in [2.05, 4.69) is 45.3 Å². The van der Waals surface area contributed by atoms with Crippen molar-refractivity contribution in [1.82, 2.24) is 10.3 Å². The van der Waals surface area contributed by atoms with Gasteiger partial charge in [-0.05, 0) is 18.3 Å². The molecule has 0 aliphatic rings. The molecule has 1 N–H and O–H groups in total. The van der Waals surface area contributed by atoms with Crippen molar-refractivity contribution in [2.45, 2.75) is 52.5 Å². The number of aromatic nitrogens is 1. The first kappa shape index (κ1) is 16.6. The van der Waals surface area contributed by atoms with Crippen molar-refractivity contribution in [1.29, 1.82) is 0 Å². The van der Waals surface area contributed by atoms with Gasteiger partial charge in [-0.1, -0.05) is 34.6 Å². The maximum atomic E-state index is 5.16. The lowest BCUT2D eigenvalue weighted by atomic mass is 9.84. The summed E-state index contributed by atoms with van der Waals surface area (Å²) in [5.74, 6) is 0.992. The number of nitrogens with zero attached hydrogens (tertiary/aromatic N) is 1. The second-order valence-corrected chi connectivity index (χ2v) is 6.49. The Morgan fingerprint density at radius 3 is 2.47 bits per heavy atom. The van der Waals surface area contributed by atoms with Gasteiger partial charge in [0.2, 0.25) is 0 Å². The van der Waals surface area contributed by atoms with Crippen LogP contribution in [0.5, 0.6) is 0 Å².